The van der Waals surface area contributed by atoms with Gasteiger partial charge in [-0.1, -0.05) is 49.7 Å². The van der Waals surface area contributed by atoms with Crippen molar-refractivity contribution in [2.75, 3.05) is 6.61 Å². The minimum atomic E-state index is -0.0305. The van der Waals surface area contributed by atoms with Crippen LogP contribution in [0.2, 0.25) is 5.02 Å². The van der Waals surface area contributed by atoms with Gasteiger partial charge >= 0.3 is 0 Å². The smallest absolute Gasteiger partial charge is 0.119 e. The van der Waals surface area contributed by atoms with Crippen molar-refractivity contribution in [3.8, 4) is 5.75 Å². The highest BCUT2D eigenvalue weighted by atomic mass is 35.5. The Balaban J connectivity index is 1.79. The summed E-state index contributed by atoms with van der Waals surface area (Å²) in [5, 5.41) is 0.815. The summed E-state index contributed by atoms with van der Waals surface area (Å²) in [6.07, 6.45) is 4.20. The molecule has 2 aromatic carbocycles. The standard InChI is InChI=1S/C24H31ClO2/c1-5-24(4)16-17(3)13-23(27-24)19-9-12-22(25)20(15-19)14-18-7-10-21(11-8-18)26-6-2/h7-12,15,17,23H,5-6,13-14,16H2,1-4H3. The Kier molecular flexibility index (Phi) is 6.49. The number of rotatable bonds is 6. The van der Waals surface area contributed by atoms with Crippen LogP contribution in [0.3, 0.4) is 0 Å². The third-order valence-electron chi connectivity index (χ3n) is 5.64. The molecule has 2 nitrogen and oxygen atoms in total. The van der Waals surface area contributed by atoms with Gasteiger partial charge in [0.2, 0.25) is 0 Å². The first-order valence-corrected chi connectivity index (χ1v) is 10.5. The predicted octanol–water partition coefficient (Wildman–Crippen LogP) is 6.99. The highest BCUT2D eigenvalue weighted by Gasteiger charge is 2.35. The molecular formula is C24H31ClO2. The molecule has 0 saturated carbocycles. The van der Waals surface area contributed by atoms with Crippen LogP contribution < -0.4 is 4.74 Å². The predicted molar refractivity (Wildman–Crippen MR) is 113 cm³/mol. The molecule has 0 N–H and O–H groups in total. The topological polar surface area (TPSA) is 18.5 Å². The molecule has 3 atom stereocenters. The highest BCUT2D eigenvalue weighted by Crippen LogP contribution is 2.42. The van der Waals surface area contributed by atoms with E-state index in [2.05, 4.69) is 45.0 Å². The Labute approximate surface area is 168 Å². The van der Waals surface area contributed by atoms with Crippen LogP contribution in [0, 0.1) is 5.92 Å². The van der Waals surface area contributed by atoms with Gasteiger partial charge in [-0.25, -0.2) is 0 Å². The second-order valence-corrected chi connectivity index (χ2v) is 8.47. The van der Waals surface area contributed by atoms with E-state index in [0.29, 0.717) is 12.5 Å². The molecule has 3 rings (SSSR count). The van der Waals surface area contributed by atoms with E-state index in [1.807, 2.05) is 25.1 Å². The van der Waals surface area contributed by atoms with Gasteiger partial charge in [0.1, 0.15) is 5.75 Å². The summed E-state index contributed by atoms with van der Waals surface area (Å²) in [4.78, 5) is 0. The third kappa shape index (κ3) is 5.06. The van der Waals surface area contributed by atoms with Crippen molar-refractivity contribution in [1.82, 2.24) is 0 Å². The summed E-state index contributed by atoms with van der Waals surface area (Å²) in [5.74, 6) is 1.57. The SMILES string of the molecule is CCOc1ccc(Cc2cc(C3CC(C)CC(C)(CC)O3)ccc2Cl)cc1. The zero-order chi connectivity index (χ0) is 19.4. The monoisotopic (exact) mass is 386 g/mol. The summed E-state index contributed by atoms with van der Waals surface area (Å²) in [7, 11) is 0. The van der Waals surface area contributed by atoms with E-state index in [0.717, 1.165) is 42.0 Å². The molecule has 3 heteroatoms. The Morgan fingerprint density at radius 1 is 1.15 bits per heavy atom. The fourth-order valence-electron chi connectivity index (χ4n) is 4.08. The number of hydrogen-bond acceptors (Lipinski definition) is 2. The lowest BCUT2D eigenvalue weighted by Crippen LogP contribution is -2.37. The largest absolute Gasteiger partial charge is 0.494 e. The first kappa shape index (κ1) is 20.2. The first-order valence-electron chi connectivity index (χ1n) is 10.1. The van der Waals surface area contributed by atoms with Gasteiger partial charge in [0.15, 0.2) is 0 Å². The van der Waals surface area contributed by atoms with E-state index in [-0.39, 0.29) is 11.7 Å². The fraction of sp³-hybridized carbons (Fsp3) is 0.500. The molecule has 1 heterocycles. The molecule has 1 aliphatic heterocycles. The fourth-order valence-corrected chi connectivity index (χ4v) is 4.26. The number of hydrogen-bond donors (Lipinski definition) is 0. The van der Waals surface area contributed by atoms with E-state index in [9.17, 15) is 0 Å². The van der Waals surface area contributed by atoms with Gasteiger partial charge in [-0.05, 0) is 80.3 Å². The summed E-state index contributed by atoms with van der Waals surface area (Å²) in [6.45, 7) is 9.47. The molecule has 0 spiro atoms. The molecule has 0 amide bonds. The van der Waals surface area contributed by atoms with Crippen molar-refractivity contribution in [3.63, 3.8) is 0 Å². The van der Waals surface area contributed by atoms with Gasteiger partial charge in [0, 0.05) is 5.02 Å². The van der Waals surface area contributed by atoms with Gasteiger partial charge in [-0.15, -0.1) is 0 Å². The van der Waals surface area contributed by atoms with Crippen LogP contribution in [0.25, 0.3) is 0 Å². The van der Waals surface area contributed by atoms with Gasteiger partial charge in [-0.3, -0.25) is 0 Å². The molecule has 0 bridgehead atoms. The van der Waals surface area contributed by atoms with Crippen LogP contribution in [0.5, 0.6) is 5.75 Å². The second-order valence-electron chi connectivity index (χ2n) is 8.06. The van der Waals surface area contributed by atoms with Gasteiger partial charge in [0.25, 0.3) is 0 Å². The average molecular weight is 387 g/mol. The van der Waals surface area contributed by atoms with Crippen LogP contribution in [0.4, 0.5) is 0 Å². The van der Waals surface area contributed by atoms with Crippen molar-refractivity contribution >= 4 is 11.6 Å². The second kappa shape index (κ2) is 8.67. The molecule has 146 valence electrons. The van der Waals surface area contributed by atoms with E-state index in [1.165, 1.54) is 11.1 Å². The van der Waals surface area contributed by atoms with Crippen molar-refractivity contribution in [2.45, 2.75) is 65.1 Å². The molecule has 0 radical (unpaired) electrons. The van der Waals surface area contributed by atoms with Crippen LogP contribution in [-0.2, 0) is 11.2 Å². The third-order valence-corrected chi connectivity index (χ3v) is 6.01. The summed E-state index contributed by atoms with van der Waals surface area (Å²) in [6, 6.07) is 14.7. The molecule has 1 aliphatic rings. The minimum absolute atomic E-state index is 0.0305. The Bertz CT molecular complexity index is 755. The Hall–Kier alpha value is -1.51. The summed E-state index contributed by atoms with van der Waals surface area (Å²) in [5.41, 5.74) is 3.59. The minimum Gasteiger partial charge on any atom is -0.494 e. The Morgan fingerprint density at radius 2 is 1.89 bits per heavy atom. The molecule has 1 saturated heterocycles. The first-order chi connectivity index (χ1) is 12.9. The molecule has 0 aliphatic carbocycles. The average Bonchev–Trinajstić information content (AvgIpc) is 2.64. The number of ether oxygens (including phenoxy) is 2. The molecule has 27 heavy (non-hydrogen) atoms. The summed E-state index contributed by atoms with van der Waals surface area (Å²) >= 11 is 6.51. The van der Waals surface area contributed by atoms with E-state index < -0.39 is 0 Å². The zero-order valence-corrected chi connectivity index (χ0v) is 17.7. The van der Waals surface area contributed by atoms with E-state index in [4.69, 9.17) is 21.1 Å². The lowest BCUT2D eigenvalue weighted by Gasteiger charge is -2.41. The van der Waals surface area contributed by atoms with E-state index in [1.54, 1.807) is 0 Å². The molecule has 1 fully saturated rings. The number of benzene rings is 2. The van der Waals surface area contributed by atoms with E-state index >= 15 is 0 Å². The summed E-state index contributed by atoms with van der Waals surface area (Å²) < 4.78 is 12.0. The van der Waals surface area contributed by atoms with Gasteiger partial charge < -0.3 is 9.47 Å². The molecular weight excluding hydrogens is 356 g/mol. The molecule has 3 unspecified atom stereocenters. The lowest BCUT2D eigenvalue weighted by molar-refractivity contribution is -0.137. The Morgan fingerprint density at radius 3 is 2.56 bits per heavy atom. The normalized spacial score (nSPS) is 25.4. The van der Waals surface area contributed by atoms with Crippen LogP contribution >= 0.6 is 11.6 Å². The quantitative estimate of drug-likeness (QED) is 0.532. The highest BCUT2D eigenvalue weighted by molar-refractivity contribution is 6.31. The zero-order valence-electron chi connectivity index (χ0n) is 16.9. The van der Waals surface area contributed by atoms with Crippen molar-refractivity contribution in [3.05, 3.63) is 64.2 Å². The molecule has 0 aromatic heterocycles. The van der Waals surface area contributed by atoms with Gasteiger partial charge in [-0.2, -0.15) is 0 Å². The van der Waals surface area contributed by atoms with Crippen LogP contribution in [0.15, 0.2) is 42.5 Å². The maximum absolute atomic E-state index is 6.51. The maximum atomic E-state index is 6.51. The number of halogens is 1. The van der Waals surface area contributed by atoms with Crippen molar-refractivity contribution in [2.24, 2.45) is 5.92 Å². The lowest BCUT2D eigenvalue weighted by atomic mass is 9.82. The van der Waals surface area contributed by atoms with Crippen molar-refractivity contribution < 1.29 is 9.47 Å². The maximum Gasteiger partial charge on any atom is 0.119 e. The molecule has 2 aromatic rings. The van der Waals surface area contributed by atoms with Gasteiger partial charge in [0.05, 0.1) is 18.3 Å². The van der Waals surface area contributed by atoms with Crippen LogP contribution in [-0.4, -0.2) is 12.2 Å². The van der Waals surface area contributed by atoms with Crippen LogP contribution in [0.1, 0.15) is 69.8 Å². The van der Waals surface area contributed by atoms with Crippen molar-refractivity contribution in [1.29, 1.82) is 0 Å².